The molecular weight excluding hydrogens is 260 g/mol. The van der Waals surface area contributed by atoms with Gasteiger partial charge >= 0.3 is 11.9 Å². The Balaban J connectivity index is 3.00. The third-order valence-corrected chi connectivity index (χ3v) is 4.45. The third-order valence-electron chi connectivity index (χ3n) is 4.45. The zero-order valence-electron chi connectivity index (χ0n) is 12.4. The van der Waals surface area contributed by atoms with E-state index in [1.54, 1.807) is 0 Å². The normalized spacial score (nSPS) is 31.3. The number of carboxylic acids is 1. The molecule has 0 aromatic rings. The van der Waals surface area contributed by atoms with Gasteiger partial charge in [0.25, 0.3) is 0 Å². The minimum Gasteiger partial charge on any atom is -0.481 e. The second kappa shape index (κ2) is 7.04. The Kier molecular flexibility index (Phi) is 5.95. The molecule has 0 aliphatic heterocycles. The van der Waals surface area contributed by atoms with Gasteiger partial charge < -0.3 is 21.3 Å². The van der Waals surface area contributed by atoms with Crippen LogP contribution in [0.4, 0.5) is 0 Å². The van der Waals surface area contributed by atoms with Crippen LogP contribution in [0.15, 0.2) is 0 Å². The second-order valence-electron chi connectivity index (χ2n) is 5.65. The van der Waals surface area contributed by atoms with Gasteiger partial charge in [-0.1, -0.05) is 26.7 Å². The predicted octanol–water partition coefficient (Wildman–Crippen LogP) is 0.730. The number of esters is 1. The lowest BCUT2D eigenvalue weighted by atomic mass is 9.81. The van der Waals surface area contributed by atoms with Gasteiger partial charge in [0.15, 0.2) is 0 Å². The lowest BCUT2D eigenvalue weighted by Crippen LogP contribution is -2.49. The highest BCUT2D eigenvalue weighted by molar-refractivity contribution is 5.73. The topological polar surface area (TPSA) is 116 Å². The molecule has 6 nitrogen and oxygen atoms in total. The number of hydrogen-bond acceptors (Lipinski definition) is 5. The molecule has 0 aromatic carbocycles. The van der Waals surface area contributed by atoms with Crippen molar-refractivity contribution in [3.8, 4) is 0 Å². The fourth-order valence-electron chi connectivity index (χ4n) is 3.34. The standard InChI is InChI=1S/C14H26N2O4/c1-4-8(5-2)12(16)11-10(15)6-9(14(18)19)13(11)20-7(3)17/h8-13H,4-6,15-16H2,1-3H3,(H,18,19)/t9-,10+,11+,12-,13+/m0/s1. The fraction of sp³-hybridized carbons (Fsp3) is 0.857. The number of nitrogens with two attached hydrogens (primary N) is 2. The maximum Gasteiger partial charge on any atom is 0.310 e. The largest absolute Gasteiger partial charge is 0.481 e. The Hall–Kier alpha value is -1.14. The molecule has 20 heavy (non-hydrogen) atoms. The van der Waals surface area contributed by atoms with Crippen LogP contribution in [0.5, 0.6) is 0 Å². The highest BCUT2D eigenvalue weighted by Crippen LogP contribution is 2.37. The Morgan fingerprint density at radius 3 is 2.30 bits per heavy atom. The summed E-state index contributed by atoms with van der Waals surface area (Å²) < 4.78 is 5.25. The Bertz CT molecular complexity index is 357. The molecule has 0 unspecified atom stereocenters. The van der Waals surface area contributed by atoms with Crippen LogP contribution < -0.4 is 11.5 Å². The van der Waals surface area contributed by atoms with Crippen LogP contribution in [0.2, 0.25) is 0 Å². The fourth-order valence-corrected chi connectivity index (χ4v) is 3.34. The molecule has 0 radical (unpaired) electrons. The summed E-state index contributed by atoms with van der Waals surface area (Å²) in [6.07, 6.45) is 1.36. The van der Waals surface area contributed by atoms with Gasteiger partial charge in [0.1, 0.15) is 6.10 Å². The van der Waals surface area contributed by atoms with Crippen molar-refractivity contribution in [2.24, 2.45) is 29.2 Å². The molecule has 0 saturated heterocycles. The highest BCUT2D eigenvalue weighted by atomic mass is 16.5. The number of aliphatic carboxylic acids is 1. The van der Waals surface area contributed by atoms with Crippen molar-refractivity contribution < 1.29 is 19.4 Å². The minimum absolute atomic E-state index is 0.247. The van der Waals surface area contributed by atoms with Crippen molar-refractivity contribution in [2.75, 3.05) is 0 Å². The molecule has 1 rings (SSSR count). The third kappa shape index (κ3) is 3.49. The van der Waals surface area contributed by atoms with E-state index in [2.05, 4.69) is 0 Å². The van der Waals surface area contributed by atoms with Crippen molar-refractivity contribution in [1.82, 2.24) is 0 Å². The molecular formula is C14H26N2O4. The van der Waals surface area contributed by atoms with Crippen LogP contribution >= 0.6 is 0 Å². The van der Waals surface area contributed by atoms with Gasteiger partial charge in [-0.05, 0) is 12.3 Å². The lowest BCUT2D eigenvalue weighted by Gasteiger charge is -2.33. The summed E-state index contributed by atoms with van der Waals surface area (Å²) in [6, 6.07) is -0.607. The van der Waals surface area contributed by atoms with E-state index in [9.17, 15) is 14.7 Å². The molecule has 1 saturated carbocycles. The van der Waals surface area contributed by atoms with E-state index in [0.717, 1.165) is 12.8 Å². The number of carbonyl (C=O) groups is 2. The Labute approximate surface area is 119 Å². The maximum absolute atomic E-state index is 11.3. The van der Waals surface area contributed by atoms with Gasteiger partial charge in [0.05, 0.1) is 5.92 Å². The van der Waals surface area contributed by atoms with Crippen molar-refractivity contribution in [1.29, 1.82) is 0 Å². The van der Waals surface area contributed by atoms with E-state index in [1.165, 1.54) is 6.92 Å². The summed E-state index contributed by atoms with van der Waals surface area (Å²) in [5.41, 5.74) is 12.4. The molecule has 0 bridgehead atoms. The zero-order chi connectivity index (χ0) is 15.4. The molecule has 5 atom stereocenters. The molecule has 5 N–H and O–H groups in total. The van der Waals surface area contributed by atoms with Gasteiger partial charge in [-0.15, -0.1) is 0 Å². The van der Waals surface area contributed by atoms with E-state index in [0.29, 0.717) is 6.42 Å². The summed E-state index contributed by atoms with van der Waals surface area (Å²) in [5, 5.41) is 9.28. The van der Waals surface area contributed by atoms with Crippen LogP contribution in [0.3, 0.4) is 0 Å². The van der Waals surface area contributed by atoms with Crippen LogP contribution in [0, 0.1) is 17.8 Å². The summed E-state index contributed by atoms with van der Waals surface area (Å²) in [4.78, 5) is 22.6. The number of carbonyl (C=O) groups excluding carboxylic acids is 1. The number of carboxylic acid groups (broad SMARTS) is 1. The SMILES string of the molecule is CCC(CC)[C@H](N)[C@@H]1[C@H](OC(C)=O)[C@@H](C(=O)O)C[C@H]1N. The molecule has 1 aliphatic carbocycles. The smallest absolute Gasteiger partial charge is 0.310 e. The Morgan fingerprint density at radius 2 is 1.90 bits per heavy atom. The van der Waals surface area contributed by atoms with Crippen molar-refractivity contribution >= 4 is 11.9 Å². The monoisotopic (exact) mass is 286 g/mol. The number of ether oxygens (including phenoxy) is 1. The van der Waals surface area contributed by atoms with Crippen molar-refractivity contribution in [2.45, 2.75) is 58.2 Å². The van der Waals surface area contributed by atoms with Gasteiger partial charge in [-0.25, -0.2) is 0 Å². The van der Waals surface area contributed by atoms with Crippen LogP contribution in [0.25, 0.3) is 0 Å². The van der Waals surface area contributed by atoms with E-state index < -0.39 is 24.0 Å². The van der Waals surface area contributed by atoms with Crippen LogP contribution in [0.1, 0.15) is 40.0 Å². The van der Waals surface area contributed by atoms with Gasteiger partial charge in [-0.2, -0.15) is 0 Å². The minimum atomic E-state index is -0.981. The highest BCUT2D eigenvalue weighted by Gasteiger charge is 2.50. The van der Waals surface area contributed by atoms with E-state index in [4.69, 9.17) is 16.2 Å². The average molecular weight is 286 g/mol. The molecule has 1 aliphatic rings. The molecule has 116 valence electrons. The molecule has 1 fully saturated rings. The first-order chi connectivity index (χ1) is 9.33. The first-order valence-corrected chi connectivity index (χ1v) is 7.24. The number of rotatable bonds is 6. The van der Waals surface area contributed by atoms with E-state index in [1.807, 2.05) is 13.8 Å². The Morgan fingerprint density at radius 1 is 1.35 bits per heavy atom. The molecule has 6 heteroatoms. The molecule has 0 heterocycles. The van der Waals surface area contributed by atoms with E-state index >= 15 is 0 Å². The summed E-state index contributed by atoms with van der Waals surface area (Å²) in [7, 11) is 0. The van der Waals surface area contributed by atoms with Crippen molar-refractivity contribution in [3.63, 3.8) is 0 Å². The molecule has 0 amide bonds. The number of hydrogen-bond donors (Lipinski definition) is 3. The summed E-state index contributed by atoms with van der Waals surface area (Å²) in [5.74, 6) is -2.29. The average Bonchev–Trinajstić information content (AvgIpc) is 2.66. The van der Waals surface area contributed by atoms with Crippen molar-refractivity contribution in [3.05, 3.63) is 0 Å². The van der Waals surface area contributed by atoms with E-state index in [-0.39, 0.29) is 23.9 Å². The lowest BCUT2D eigenvalue weighted by molar-refractivity contribution is -0.157. The second-order valence-corrected chi connectivity index (χ2v) is 5.65. The van der Waals surface area contributed by atoms with Gasteiger partial charge in [-0.3, -0.25) is 9.59 Å². The van der Waals surface area contributed by atoms with Crippen LogP contribution in [-0.2, 0) is 14.3 Å². The van der Waals surface area contributed by atoms with Gasteiger partial charge in [0, 0.05) is 24.9 Å². The summed E-state index contributed by atoms with van der Waals surface area (Å²) in [6.45, 7) is 5.37. The first kappa shape index (κ1) is 16.9. The molecule has 0 spiro atoms. The van der Waals surface area contributed by atoms with Crippen LogP contribution in [-0.4, -0.2) is 35.2 Å². The molecule has 0 aromatic heterocycles. The predicted molar refractivity (Wildman–Crippen MR) is 74.8 cm³/mol. The van der Waals surface area contributed by atoms with Gasteiger partial charge in [0.2, 0.25) is 0 Å². The quantitative estimate of drug-likeness (QED) is 0.620. The zero-order valence-corrected chi connectivity index (χ0v) is 12.4. The maximum atomic E-state index is 11.3. The first-order valence-electron chi connectivity index (χ1n) is 7.24. The summed E-state index contributed by atoms with van der Waals surface area (Å²) >= 11 is 0.